The van der Waals surface area contributed by atoms with Gasteiger partial charge in [-0.1, -0.05) is 66.2 Å². The number of fused-ring (bicyclic) bond motifs is 4. The molecule has 4 aromatic carbocycles. The van der Waals surface area contributed by atoms with Crippen molar-refractivity contribution in [3.8, 4) is 0 Å². The quantitative estimate of drug-likeness (QED) is 0.275. The number of nitrogens with one attached hydrogen (secondary N) is 1. The minimum Gasteiger partial charge on any atom is -0.354 e. The van der Waals surface area contributed by atoms with Crippen molar-refractivity contribution < 1.29 is 0 Å². The fourth-order valence-electron chi connectivity index (χ4n) is 4.80. The highest BCUT2D eigenvalue weighted by atomic mass is 79.9. The molecule has 5 aromatic rings. The van der Waals surface area contributed by atoms with Gasteiger partial charge in [0.25, 0.3) is 0 Å². The zero-order chi connectivity index (χ0) is 16.9. The zero-order valence-electron chi connectivity index (χ0n) is 14.1. The van der Waals surface area contributed by atoms with Crippen molar-refractivity contribution in [2.24, 2.45) is 0 Å². The van der Waals surface area contributed by atoms with Gasteiger partial charge < -0.3 is 4.98 Å². The summed E-state index contributed by atoms with van der Waals surface area (Å²) in [7, 11) is 0. The van der Waals surface area contributed by atoms with Gasteiger partial charge >= 0.3 is 0 Å². The van der Waals surface area contributed by atoms with E-state index >= 15 is 0 Å². The number of halogens is 1. The van der Waals surface area contributed by atoms with E-state index in [1.165, 1.54) is 59.0 Å². The lowest BCUT2D eigenvalue weighted by molar-refractivity contribution is 0.663. The Kier molecular flexibility index (Phi) is 2.37. The van der Waals surface area contributed by atoms with E-state index in [1.807, 2.05) is 0 Å². The van der Waals surface area contributed by atoms with Gasteiger partial charge in [0, 0.05) is 31.6 Å². The maximum atomic E-state index is 3.75. The molecule has 0 saturated carbocycles. The van der Waals surface area contributed by atoms with Crippen molar-refractivity contribution in [2.45, 2.75) is 19.3 Å². The van der Waals surface area contributed by atoms with Crippen LogP contribution in [0.5, 0.6) is 0 Å². The second kappa shape index (κ2) is 4.25. The lowest BCUT2D eigenvalue weighted by atomic mass is 9.81. The molecule has 0 atom stereocenters. The third kappa shape index (κ3) is 1.51. The Balaban J connectivity index is 1.97. The highest BCUT2D eigenvalue weighted by Gasteiger charge is 2.35. The van der Waals surface area contributed by atoms with Crippen LogP contribution in [-0.4, -0.2) is 4.98 Å². The number of aromatic amines is 1. The fraction of sp³-hybridized carbons (Fsp3) is 0.130. The van der Waals surface area contributed by atoms with Crippen molar-refractivity contribution in [3.63, 3.8) is 0 Å². The number of para-hydroxylation sites is 1. The first-order chi connectivity index (χ1) is 12.1. The molecule has 1 nitrogen and oxygen atoms in total. The molecule has 2 heteroatoms. The summed E-state index contributed by atoms with van der Waals surface area (Å²) in [4.78, 5) is 3.67. The van der Waals surface area contributed by atoms with E-state index in [9.17, 15) is 0 Å². The number of rotatable bonds is 0. The highest BCUT2D eigenvalue weighted by molar-refractivity contribution is 9.10. The molecule has 0 amide bonds. The van der Waals surface area contributed by atoms with E-state index in [2.05, 4.69) is 89.4 Å². The third-order valence-electron chi connectivity index (χ3n) is 6.05. The summed E-state index contributed by atoms with van der Waals surface area (Å²) >= 11 is 3.75. The van der Waals surface area contributed by atoms with Crippen LogP contribution < -0.4 is 0 Å². The van der Waals surface area contributed by atoms with Gasteiger partial charge in [0.15, 0.2) is 0 Å². The monoisotopic (exact) mass is 385 g/mol. The van der Waals surface area contributed by atoms with E-state index in [0.29, 0.717) is 0 Å². The first kappa shape index (κ1) is 13.9. The van der Waals surface area contributed by atoms with Crippen molar-refractivity contribution in [2.75, 3.05) is 0 Å². The van der Waals surface area contributed by atoms with Crippen molar-refractivity contribution in [3.05, 3.63) is 70.2 Å². The van der Waals surface area contributed by atoms with Gasteiger partial charge in [0.1, 0.15) is 0 Å². The second-order valence-corrected chi connectivity index (χ2v) is 8.50. The SMILES string of the molecule is CC1(C)c2ccc(Br)c3ccc4c5[nH]c6ccccc6c5cc1c4c23. The van der Waals surface area contributed by atoms with Crippen LogP contribution in [0.4, 0.5) is 0 Å². The highest BCUT2D eigenvalue weighted by Crippen LogP contribution is 2.52. The number of H-pyrrole nitrogens is 1. The molecule has 1 aromatic heterocycles. The molecule has 0 saturated heterocycles. The molecule has 1 aliphatic rings. The van der Waals surface area contributed by atoms with Gasteiger partial charge in [-0.25, -0.2) is 0 Å². The first-order valence-electron chi connectivity index (χ1n) is 8.67. The van der Waals surface area contributed by atoms with Crippen molar-refractivity contribution in [1.82, 2.24) is 4.98 Å². The maximum absolute atomic E-state index is 3.75. The number of aromatic nitrogens is 1. The molecule has 6 rings (SSSR count). The fourth-order valence-corrected chi connectivity index (χ4v) is 5.26. The molecule has 0 aliphatic heterocycles. The Labute approximate surface area is 153 Å². The van der Waals surface area contributed by atoms with E-state index in [0.717, 1.165) is 0 Å². The standard InChI is InChI=1S/C23H16BrN/c1-23(2)16-9-10-18(24)13-7-8-14-21(20(13)16)17(23)11-15-12-5-3-4-6-19(12)25-22(14)15/h3-11,25H,1-2H3. The molecule has 120 valence electrons. The molecule has 0 radical (unpaired) electrons. The summed E-state index contributed by atoms with van der Waals surface area (Å²) in [5.74, 6) is 0. The largest absolute Gasteiger partial charge is 0.354 e. The summed E-state index contributed by atoms with van der Waals surface area (Å²) in [6, 6.07) is 20.1. The Morgan fingerprint density at radius 2 is 1.52 bits per heavy atom. The molecule has 1 aliphatic carbocycles. The molecule has 0 fully saturated rings. The van der Waals surface area contributed by atoms with E-state index in [1.54, 1.807) is 0 Å². The lowest BCUT2D eigenvalue weighted by Gasteiger charge is -2.22. The molecular weight excluding hydrogens is 370 g/mol. The van der Waals surface area contributed by atoms with Gasteiger partial charge in [0.05, 0.1) is 5.52 Å². The number of hydrogen-bond donors (Lipinski definition) is 1. The van der Waals surface area contributed by atoms with Crippen LogP contribution >= 0.6 is 15.9 Å². The van der Waals surface area contributed by atoms with Gasteiger partial charge in [-0.3, -0.25) is 0 Å². The summed E-state index contributed by atoms with van der Waals surface area (Å²) < 4.78 is 1.17. The average Bonchev–Trinajstić information content (AvgIpc) is 3.09. The Morgan fingerprint density at radius 3 is 2.40 bits per heavy atom. The van der Waals surface area contributed by atoms with Crippen LogP contribution in [0.1, 0.15) is 25.0 Å². The van der Waals surface area contributed by atoms with E-state index in [4.69, 9.17) is 0 Å². The molecule has 25 heavy (non-hydrogen) atoms. The smallest absolute Gasteiger partial charge is 0.0544 e. The van der Waals surface area contributed by atoms with Gasteiger partial charge in [-0.05, 0) is 45.5 Å². The summed E-state index contributed by atoms with van der Waals surface area (Å²) in [5.41, 5.74) is 5.36. The Bertz CT molecular complexity index is 1370. The van der Waals surface area contributed by atoms with Crippen LogP contribution in [-0.2, 0) is 5.41 Å². The molecule has 0 unspecified atom stereocenters. The second-order valence-electron chi connectivity index (χ2n) is 7.65. The van der Waals surface area contributed by atoms with Crippen LogP contribution in [0.15, 0.2) is 59.1 Å². The predicted octanol–water partition coefficient (Wildman–Crippen LogP) is 7.03. The molecule has 1 heterocycles. The number of benzene rings is 4. The summed E-state index contributed by atoms with van der Waals surface area (Å²) in [6.07, 6.45) is 0. The molecule has 1 N–H and O–H groups in total. The minimum atomic E-state index is 0.0213. The lowest BCUT2D eigenvalue weighted by Crippen LogP contribution is -2.15. The van der Waals surface area contributed by atoms with Gasteiger partial charge in [-0.15, -0.1) is 0 Å². The van der Waals surface area contributed by atoms with Crippen LogP contribution in [0, 0.1) is 0 Å². The molecular formula is C23H16BrN. The van der Waals surface area contributed by atoms with Gasteiger partial charge in [-0.2, -0.15) is 0 Å². The molecule has 0 bridgehead atoms. The van der Waals surface area contributed by atoms with Crippen LogP contribution in [0.2, 0.25) is 0 Å². The third-order valence-corrected chi connectivity index (χ3v) is 6.74. The predicted molar refractivity (Wildman–Crippen MR) is 111 cm³/mol. The van der Waals surface area contributed by atoms with Crippen LogP contribution in [0.3, 0.4) is 0 Å². The Hall–Kier alpha value is -2.32. The minimum absolute atomic E-state index is 0.0213. The van der Waals surface area contributed by atoms with Crippen molar-refractivity contribution >= 4 is 59.3 Å². The normalized spacial score (nSPS) is 15.3. The Morgan fingerprint density at radius 1 is 0.760 bits per heavy atom. The van der Waals surface area contributed by atoms with E-state index in [-0.39, 0.29) is 5.41 Å². The molecule has 0 spiro atoms. The average molecular weight is 386 g/mol. The van der Waals surface area contributed by atoms with Crippen LogP contribution in [0.25, 0.3) is 43.4 Å². The first-order valence-corrected chi connectivity index (χ1v) is 9.46. The summed E-state index contributed by atoms with van der Waals surface area (Å²) in [6.45, 7) is 4.70. The number of hydrogen-bond acceptors (Lipinski definition) is 0. The maximum Gasteiger partial charge on any atom is 0.0544 e. The van der Waals surface area contributed by atoms with Crippen molar-refractivity contribution in [1.29, 1.82) is 0 Å². The van der Waals surface area contributed by atoms with E-state index < -0.39 is 0 Å². The zero-order valence-corrected chi connectivity index (χ0v) is 15.7. The topological polar surface area (TPSA) is 15.8 Å². The van der Waals surface area contributed by atoms with Gasteiger partial charge in [0.2, 0.25) is 0 Å². The summed E-state index contributed by atoms with van der Waals surface area (Å²) in [5, 5.41) is 8.11.